The lowest BCUT2D eigenvalue weighted by atomic mass is 10.1. The zero-order valence-electron chi connectivity index (χ0n) is 18.8. The van der Waals surface area contributed by atoms with E-state index < -0.39 is 68.2 Å². The van der Waals surface area contributed by atoms with E-state index in [1.54, 1.807) is 13.8 Å². The fraction of sp³-hybridized carbons (Fsp3) is 0.579. The van der Waals surface area contributed by atoms with E-state index in [0.29, 0.717) is 6.42 Å². The number of nitrogens with one attached hydrogen (secondary N) is 1. The van der Waals surface area contributed by atoms with Crippen LogP contribution in [0, 0.1) is 5.92 Å². The van der Waals surface area contributed by atoms with Crippen molar-refractivity contribution in [2.24, 2.45) is 5.92 Å². The van der Waals surface area contributed by atoms with E-state index in [1.165, 1.54) is 0 Å². The predicted octanol–water partition coefficient (Wildman–Crippen LogP) is 2.97. The van der Waals surface area contributed by atoms with Crippen molar-refractivity contribution < 1.29 is 61.7 Å². The van der Waals surface area contributed by atoms with E-state index in [-0.39, 0.29) is 23.1 Å². The average molecular weight is 572 g/mol. The summed E-state index contributed by atoms with van der Waals surface area (Å²) >= 11 is 0. The van der Waals surface area contributed by atoms with Crippen LogP contribution in [0.3, 0.4) is 0 Å². The quantitative estimate of drug-likeness (QED) is 0.175. The molecule has 1 aromatic rings. The molecule has 0 heterocycles. The van der Waals surface area contributed by atoms with Gasteiger partial charge >= 0.3 is 28.4 Å². The molecule has 0 saturated carbocycles. The number of hydrogen-bond donors (Lipinski definition) is 1. The second-order valence-corrected chi connectivity index (χ2v) is 11.4. The second kappa shape index (κ2) is 12.1. The average Bonchev–Trinajstić information content (AvgIpc) is 2.70. The lowest BCUT2D eigenvalue weighted by Crippen LogP contribution is -2.49. The second-order valence-electron chi connectivity index (χ2n) is 7.48. The van der Waals surface area contributed by atoms with Gasteiger partial charge in [0.25, 0.3) is 5.25 Å². The molecule has 0 bridgehead atoms. The van der Waals surface area contributed by atoms with Crippen molar-refractivity contribution >= 4 is 31.8 Å². The zero-order chi connectivity index (χ0) is 27.9. The fourth-order valence-corrected chi connectivity index (χ4v) is 5.36. The lowest BCUT2D eigenvalue weighted by Gasteiger charge is -2.22. The number of esters is 1. The number of ether oxygens (including phenoxy) is 1. The van der Waals surface area contributed by atoms with Crippen LogP contribution in [0.4, 0.5) is 26.3 Å². The summed E-state index contributed by atoms with van der Waals surface area (Å²) in [4.78, 5) is 23.6. The summed E-state index contributed by atoms with van der Waals surface area (Å²) in [5, 5.41) is -2.27. The Balaban J connectivity index is 2.69. The lowest BCUT2D eigenvalue weighted by molar-refractivity contribution is -0.226. The van der Waals surface area contributed by atoms with Crippen molar-refractivity contribution in [2.45, 2.75) is 44.3 Å². The van der Waals surface area contributed by atoms with Crippen molar-refractivity contribution in [2.75, 3.05) is 18.2 Å². The molecule has 1 rings (SSSR count). The van der Waals surface area contributed by atoms with E-state index >= 15 is 0 Å². The fourth-order valence-electron chi connectivity index (χ4n) is 2.60. The van der Waals surface area contributed by atoms with Crippen LogP contribution in [0.15, 0.2) is 24.3 Å². The van der Waals surface area contributed by atoms with Crippen molar-refractivity contribution in [3.63, 3.8) is 0 Å². The van der Waals surface area contributed by atoms with Crippen LogP contribution in [0.25, 0.3) is 0 Å². The summed E-state index contributed by atoms with van der Waals surface area (Å²) in [6.07, 6.45) is -12.8. The Morgan fingerprint density at radius 2 is 1.47 bits per heavy atom. The number of alkyl halides is 6. The molecular weight excluding hydrogens is 548 g/mol. The normalized spacial score (nSPS) is 13.8. The van der Waals surface area contributed by atoms with Crippen LogP contribution in [-0.4, -0.2) is 64.6 Å². The molecular formula is C19H23F6NO8S2. The van der Waals surface area contributed by atoms with Gasteiger partial charge in [0.05, 0.1) is 17.1 Å². The SMILES string of the molecule is CCC(C)C(=O)NCOC(=O)c1ccc(OS(=O)(=O)CCCS(=O)(=O)C(C(F)(F)F)C(F)(F)F)cc1. The van der Waals surface area contributed by atoms with Crippen molar-refractivity contribution in [1.29, 1.82) is 0 Å². The summed E-state index contributed by atoms with van der Waals surface area (Å²) in [7, 11) is -10.4. The largest absolute Gasteiger partial charge is 0.441 e. The Labute approximate surface area is 203 Å². The number of benzene rings is 1. The number of halogens is 6. The number of amides is 1. The van der Waals surface area contributed by atoms with Gasteiger partial charge in [-0.25, -0.2) is 13.2 Å². The van der Waals surface area contributed by atoms with Gasteiger partial charge in [0, 0.05) is 5.92 Å². The smallest absolute Gasteiger partial charge is 0.414 e. The number of hydrogen-bond acceptors (Lipinski definition) is 8. The van der Waals surface area contributed by atoms with E-state index in [9.17, 15) is 52.8 Å². The summed E-state index contributed by atoms with van der Waals surface area (Å²) in [5.41, 5.74) is -0.0611. The van der Waals surface area contributed by atoms with Gasteiger partial charge in [-0.1, -0.05) is 13.8 Å². The molecule has 1 aromatic carbocycles. The van der Waals surface area contributed by atoms with Crippen molar-refractivity contribution in [3.05, 3.63) is 29.8 Å². The monoisotopic (exact) mass is 571 g/mol. The molecule has 0 spiro atoms. The molecule has 0 saturated heterocycles. The molecule has 36 heavy (non-hydrogen) atoms. The molecule has 0 aliphatic heterocycles. The van der Waals surface area contributed by atoms with Crippen LogP contribution >= 0.6 is 0 Å². The highest BCUT2D eigenvalue weighted by Crippen LogP contribution is 2.38. The van der Waals surface area contributed by atoms with E-state index in [0.717, 1.165) is 24.3 Å². The maximum absolute atomic E-state index is 12.6. The number of rotatable bonds is 12. The molecule has 206 valence electrons. The van der Waals surface area contributed by atoms with Gasteiger partial charge in [-0.05, 0) is 37.1 Å². The van der Waals surface area contributed by atoms with Crippen LogP contribution in [-0.2, 0) is 29.5 Å². The van der Waals surface area contributed by atoms with Crippen molar-refractivity contribution in [3.8, 4) is 5.75 Å². The highest BCUT2D eigenvalue weighted by molar-refractivity contribution is 7.92. The maximum Gasteiger partial charge on any atom is 0.414 e. The van der Waals surface area contributed by atoms with Crippen LogP contribution in [0.5, 0.6) is 5.75 Å². The summed E-state index contributed by atoms with van der Waals surface area (Å²) < 4.78 is 132. The summed E-state index contributed by atoms with van der Waals surface area (Å²) in [6, 6.07) is 4.19. The first-order valence-electron chi connectivity index (χ1n) is 10.1. The van der Waals surface area contributed by atoms with Gasteiger partial charge in [0.1, 0.15) is 5.75 Å². The first kappa shape index (κ1) is 31.5. The Hall–Kier alpha value is -2.56. The molecule has 0 aliphatic rings. The van der Waals surface area contributed by atoms with Crippen LogP contribution in [0.2, 0.25) is 0 Å². The van der Waals surface area contributed by atoms with E-state index in [4.69, 9.17) is 4.74 Å². The third kappa shape index (κ3) is 9.83. The molecule has 9 nitrogen and oxygen atoms in total. The Morgan fingerprint density at radius 1 is 0.944 bits per heavy atom. The van der Waals surface area contributed by atoms with Gasteiger partial charge < -0.3 is 14.2 Å². The first-order valence-corrected chi connectivity index (χ1v) is 13.4. The summed E-state index contributed by atoms with van der Waals surface area (Å²) in [5.74, 6) is -4.78. The minimum Gasteiger partial charge on any atom is -0.441 e. The van der Waals surface area contributed by atoms with Crippen molar-refractivity contribution in [1.82, 2.24) is 5.32 Å². The first-order chi connectivity index (χ1) is 16.3. The molecule has 0 aliphatic carbocycles. The molecule has 0 radical (unpaired) electrons. The van der Waals surface area contributed by atoms with Gasteiger partial charge in [-0.3, -0.25) is 4.79 Å². The summed E-state index contributed by atoms with van der Waals surface area (Å²) in [6.45, 7) is 3.05. The molecule has 1 N–H and O–H groups in total. The number of carbonyl (C=O) groups is 2. The van der Waals surface area contributed by atoms with Gasteiger partial charge in [0.15, 0.2) is 16.6 Å². The number of sulfone groups is 1. The highest BCUT2D eigenvalue weighted by Gasteiger charge is 2.63. The Morgan fingerprint density at radius 3 is 1.94 bits per heavy atom. The third-order valence-electron chi connectivity index (χ3n) is 4.60. The maximum atomic E-state index is 12.6. The molecule has 1 amide bonds. The highest BCUT2D eigenvalue weighted by atomic mass is 32.2. The Kier molecular flexibility index (Phi) is 10.6. The van der Waals surface area contributed by atoms with Crippen LogP contribution in [0.1, 0.15) is 37.0 Å². The van der Waals surface area contributed by atoms with E-state index in [1.807, 2.05) is 0 Å². The standard InChI is InChI=1S/C19H23F6NO8S2/c1-3-12(2)15(27)26-11-33-16(28)13-5-7-14(8-6-13)34-36(31,32)10-4-9-35(29,30)17(18(20,21)22)19(23,24)25/h5-8,12,17H,3-4,9-11H2,1-2H3,(H,26,27). The molecule has 1 unspecified atom stereocenters. The molecule has 17 heteroatoms. The molecule has 0 aromatic heterocycles. The van der Waals surface area contributed by atoms with E-state index in [2.05, 4.69) is 9.50 Å². The van der Waals surface area contributed by atoms with Crippen LogP contribution < -0.4 is 9.50 Å². The van der Waals surface area contributed by atoms with Gasteiger partial charge in [0.2, 0.25) is 5.91 Å². The predicted molar refractivity (Wildman–Crippen MR) is 113 cm³/mol. The van der Waals surface area contributed by atoms with Gasteiger partial charge in [-0.2, -0.15) is 34.8 Å². The minimum atomic E-state index is -6.13. The topological polar surface area (TPSA) is 133 Å². The van der Waals surface area contributed by atoms with Gasteiger partial charge in [-0.15, -0.1) is 0 Å². The molecule has 0 fully saturated rings. The third-order valence-corrected chi connectivity index (χ3v) is 7.95. The Bertz CT molecular complexity index is 1100. The number of carbonyl (C=O) groups excluding carboxylic acids is 2. The molecule has 1 atom stereocenters. The minimum absolute atomic E-state index is 0.0611. The zero-order valence-corrected chi connectivity index (χ0v) is 20.5.